The third-order valence-corrected chi connectivity index (χ3v) is 3.19. The molecule has 0 saturated carbocycles. The van der Waals surface area contributed by atoms with Crippen LogP contribution in [0, 0.1) is 11.3 Å². The molecule has 4 nitrogen and oxygen atoms in total. The van der Waals surface area contributed by atoms with Gasteiger partial charge in [-0.05, 0) is 19.9 Å². The molecule has 0 saturated heterocycles. The zero-order valence-corrected chi connectivity index (χ0v) is 10.7. The van der Waals surface area contributed by atoms with Gasteiger partial charge >= 0.3 is 0 Å². The van der Waals surface area contributed by atoms with E-state index < -0.39 is 5.54 Å². The van der Waals surface area contributed by atoms with Crippen LogP contribution in [-0.4, -0.2) is 22.3 Å². The van der Waals surface area contributed by atoms with Crippen LogP contribution in [0.3, 0.4) is 0 Å². The molecule has 2 atom stereocenters. The quantitative estimate of drug-likeness (QED) is 0.772. The van der Waals surface area contributed by atoms with E-state index in [9.17, 15) is 0 Å². The molecule has 0 aliphatic heterocycles. The van der Waals surface area contributed by atoms with Crippen molar-refractivity contribution in [1.29, 1.82) is 5.26 Å². The standard InChI is InChI=1S/C11H17N3OS/c1-4-14-11(3,8-12)7-9(2)16-10-13-5-6-15-10/h5-6,9,14H,4,7H2,1-3H3. The summed E-state index contributed by atoms with van der Waals surface area (Å²) < 4.78 is 5.16. The van der Waals surface area contributed by atoms with Crippen LogP contribution >= 0.6 is 11.8 Å². The fraction of sp³-hybridized carbons (Fsp3) is 0.636. The van der Waals surface area contributed by atoms with Gasteiger partial charge in [-0.3, -0.25) is 5.32 Å². The molecule has 2 unspecified atom stereocenters. The molecule has 88 valence electrons. The molecule has 0 aromatic carbocycles. The van der Waals surface area contributed by atoms with E-state index in [4.69, 9.17) is 9.68 Å². The molecule has 1 rings (SSSR count). The Morgan fingerprint density at radius 1 is 1.75 bits per heavy atom. The summed E-state index contributed by atoms with van der Waals surface area (Å²) in [6.07, 6.45) is 3.94. The van der Waals surface area contributed by atoms with Crippen molar-refractivity contribution >= 4 is 11.8 Å². The second kappa shape index (κ2) is 5.92. The minimum atomic E-state index is -0.478. The van der Waals surface area contributed by atoms with Crippen LogP contribution in [0.4, 0.5) is 0 Å². The van der Waals surface area contributed by atoms with E-state index in [0.29, 0.717) is 5.22 Å². The number of hydrogen-bond donors (Lipinski definition) is 1. The van der Waals surface area contributed by atoms with Gasteiger partial charge in [0.1, 0.15) is 11.8 Å². The highest BCUT2D eigenvalue weighted by atomic mass is 32.2. The highest BCUT2D eigenvalue weighted by molar-refractivity contribution is 7.99. The molecule has 0 spiro atoms. The van der Waals surface area contributed by atoms with Crippen LogP contribution in [0.2, 0.25) is 0 Å². The largest absolute Gasteiger partial charge is 0.440 e. The molecule has 1 heterocycles. The van der Waals surface area contributed by atoms with Crippen LogP contribution in [0.1, 0.15) is 27.2 Å². The van der Waals surface area contributed by atoms with E-state index in [2.05, 4.69) is 23.3 Å². The molecular weight excluding hydrogens is 222 g/mol. The Morgan fingerprint density at radius 2 is 2.50 bits per heavy atom. The van der Waals surface area contributed by atoms with Crippen LogP contribution in [0.5, 0.6) is 0 Å². The highest BCUT2D eigenvalue weighted by Gasteiger charge is 2.26. The molecule has 0 fully saturated rings. The van der Waals surface area contributed by atoms with Gasteiger partial charge in [0, 0.05) is 5.25 Å². The van der Waals surface area contributed by atoms with Gasteiger partial charge in [0.2, 0.25) is 0 Å². The van der Waals surface area contributed by atoms with Gasteiger partial charge in [0.15, 0.2) is 0 Å². The molecule has 5 heteroatoms. The number of oxazole rings is 1. The van der Waals surface area contributed by atoms with Crippen molar-refractivity contribution in [2.45, 2.75) is 43.2 Å². The van der Waals surface area contributed by atoms with Gasteiger partial charge in [-0.25, -0.2) is 4.98 Å². The first-order valence-corrected chi connectivity index (χ1v) is 6.20. The number of thioether (sulfide) groups is 1. The molecule has 0 aliphatic rings. The summed E-state index contributed by atoms with van der Waals surface area (Å²) in [6.45, 7) is 6.78. The molecule has 0 amide bonds. The number of nitrogens with one attached hydrogen (secondary N) is 1. The Hall–Kier alpha value is -0.990. The lowest BCUT2D eigenvalue weighted by atomic mass is 9.98. The predicted octanol–water partition coefficient (Wildman–Crippen LogP) is 2.44. The maximum Gasteiger partial charge on any atom is 0.255 e. The summed E-state index contributed by atoms with van der Waals surface area (Å²) in [5, 5.41) is 13.3. The maximum atomic E-state index is 9.13. The zero-order valence-electron chi connectivity index (χ0n) is 9.86. The normalized spacial score (nSPS) is 16.4. The second-order valence-corrected chi connectivity index (χ2v) is 5.29. The van der Waals surface area contributed by atoms with Crippen molar-refractivity contribution in [3.63, 3.8) is 0 Å². The summed E-state index contributed by atoms with van der Waals surface area (Å²) in [4.78, 5) is 4.05. The third-order valence-electron chi connectivity index (χ3n) is 2.22. The maximum absolute atomic E-state index is 9.13. The minimum Gasteiger partial charge on any atom is -0.440 e. The molecule has 1 aromatic rings. The van der Waals surface area contributed by atoms with Gasteiger partial charge < -0.3 is 4.42 Å². The molecule has 16 heavy (non-hydrogen) atoms. The molecule has 0 aliphatic carbocycles. The highest BCUT2D eigenvalue weighted by Crippen LogP contribution is 2.27. The Kier molecular flexibility index (Phi) is 4.84. The molecule has 1 aromatic heterocycles. The average molecular weight is 239 g/mol. The number of aromatic nitrogens is 1. The molecule has 1 N–H and O–H groups in total. The molecular formula is C11H17N3OS. The van der Waals surface area contributed by atoms with Crippen molar-refractivity contribution in [3.05, 3.63) is 12.5 Å². The summed E-state index contributed by atoms with van der Waals surface area (Å²) in [5.74, 6) is 0. The van der Waals surface area contributed by atoms with Crippen LogP contribution in [0.15, 0.2) is 22.1 Å². The van der Waals surface area contributed by atoms with Gasteiger partial charge in [-0.2, -0.15) is 5.26 Å². The zero-order chi connectivity index (χ0) is 12.0. The van der Waals surface area contributed by atoms with Crippen LogP contribution < -0.4 is 5.32 Å². The summed E-state index contributed by atoms with van der Waals surface area (Å²) in [5.41, 5.74) is -0.478. The van der Waals surface area contributed by atoms with Crippen LogP contribution in [-0.2, 0) is 0 Å². The lowest BCUT2D eigenvalue weighted by Gasteiger charge is -2.25. The van der Waals surface area contributed by atoms with Crippen molar-refractivity contribution in [2.24, 2.45) is 0 Å². The molecule has 0 bridgehead atoms. The number of rotatable bonds is 6. The van der Waals surface area contributed by atoms with Crippen molar-refractivity contribution in [2.75, 3.05) is 6.54 Å². The van der Waals surface area contributed by atoms with Crippen molar-refractivity contribution in [1.82, 2.24) is 10.3 Å². The Labute approximate surface area is 100 Å². The van der Waals surface area contributed by atoms with E-state index in [0.717, 1.165) is 13.0 Å². The number of hydrogen-bond acceptors (Lipinski definition) is 5. The summed E-state index contributed by atoms with van der Waals surface area (Å²) in [7, 11) is 0. The topological polar surface area (TPSA) is 61.9 Å². The van der Waals surface area contributed by atoms with E-state index in [1.807, 2.05) is 13.8 Å². The minimum absolute atomic E-state index is 0.280. The SMILES string of the molecule is CCNC(C)(C#N)CC(C)Sc1ncco1. The van der Waals surface area contributed by atoms with E-state index in [1.54, 1.807) is 24.2 Å². The lowest BCUT2D eigenvalue weighted by Crippen LogP contribution is -2.42. The van der Waals surface area contributed by atoms with Gasteiger partial charge in [0.25, 0.3) is 5.22 Å². The van der Waals surface area contributed by atoms with Gasteiger partial charge in [0.05, 0.1) is 12.3 Å². The van der Waals surface area contributed by atoms with Gasteiger partial charge in [-0.15, -0.1) is 0 Å². The van der Waals surface area contributed by atoms with E-state index in [1.165, 1.54) is 0 Å². The summed E-state index contributed by atoms with van der Waals surface area (Å²) in [6, 6.07) is 2.31. The van der Waals surface area contributed by atoms with E-state index in [-0.39, 0.29) is 5.25 Å². The molecule has 0 radical (unpaired) electrons. The first-order chi connectivity index (χ1) is 7.59. The number of nitrogens with zero attached hydrogens (tertiary/aromatic N) is 2. The smallest absolute Gasteiger partial charge is 0.255 e. The Bertz CT molecular complexity index is 347. The van der Waals surface area contributed by atoms with E-state index >= 15 is 0 Å². The lowest BCUT2D eigenvalue weighted by molar-refractivity contribution is 0.424. The predicted molar refractivity (Wildman–Crippen MR) is 64.1 cm³/mol. The summed E-state index contributed by atoms with van der Waals surface area (Å²) >= 11 is 1.55. The van der Waals surface area contributed by atoms with Crippen molar-refractivity contribution in [3.8, 4) is 6.07 Å². The Morgan fingerprint density at radius 3 is 3.00 bits per heavy atom. The monoisotopic (exact) mass is 239 g/mol. The Balaban J connectivity index is 2.50. The third kappa shape index (κ3) is 3.87. The second-order valence-electron chi connectivity index (χ2n) is 3.90. The fourth-order valence-corrected chi connectivity index (χ4v) is 2.60. The first-order valence-electron chi connectivity index (χ1n) is 5.32. The van der Waals surface area contributed by atoms with Gasteiger partial charge in [-0.1, -0.05) is 25.6 Å². The van der Waals surface area contributed by atoms with Crippen LogP contribution in [0.25, 0.3) is 0 Å². The van der Waals surface area contributed by atoms with Crippen molar-refractivity contribution < 1.29 is 4.42 Å². The first kappa shape index (κ1) is 13.1. The fourth-order valence-electron chi connectivity index (χ4n) is 1.60. The number of nitriles is 1. The average Bonchev–Trinajstić information content (AvgIpc) is 2.70.